The third-order valence-corrected chi connectivity index (χ3v) is 4.96. The summed E-state index contributed by atoms with van der Waals surface area (Å²) >= 11 is 0. The standard InChI is InChI=1S/C16H27NO3/c18-14(9-8-13-6-2-1-3-7-13)17-16(12-15(19)20)10-4-5-11-16/h13H,1-12H2,(H,17,18)(H,19,20). The van der Waals surface area contributed by atoms with Gasteiger partial charge < -0.3 is 10.4 Å². The van der Waals surface area contributed by atoms with Crippen LogP contribution in [-0.2, 0) is 9.59 Å². The molecule has 1 amide bonds. The summed E-state index contributed by atoms with van der Waals surface area (Å²) in [5.41, 5.74) is -0.463. The number of carbonyl (C=O) groups excluding carboxylic acids is 1. The molecule has 2 saturated carbocycles. The first kappa shape index (κ1) is 15.3. The highest BCUT2D eigenvalue weighted by molar-refractivity contribution is 5.78. The number of hydrogen-bond donors (Lipinski definition) is 2. The van der Waals surface area contributed by atoms with E-state index in [1.165, 1.54) is 32.1 Å². The Labute approximate surface area is 121 Å². The molecule has 0 aromatic heterocycles. The van der Waals surface area contributed by atoms with Crippen molar-refractivity contribution in [3.8, 4) is 0 Å². The zero-order valence-corrected chi connectivity index (χ0v) is 12.3. The summed E-state index contributed by atoms with van der Waals surface area (Å²) in [4.78, 5) is 23.1. The summed E-state index contributed by atoms with van der Waals surface area (Å²) < 4.78 is 0. The molecule has 114 valence electrons. The van der Waals surface area contributed by atoms with Crippen LogP contribution in [0.2, 0.25) is 0 Å². The minimum atomic E-state index is -0.806. The number of rotatable bonds is 6. The number of nitrogens with one attached hydrogen (secondary N) is 1. The lowest BCUT2D eigenvalue weighted by Gasteiger charge is -2.29. The second kappa shape index (κ2) is 7.09. The Morgan fingerprint density at radius 2 is 1.70 bits per heavy atom. The Kier molecular flexibility index (Phi) is 5.44. The maximum atomic E-state index is 12.1. The van der Waals surface area contributed by atoms with Gasteiger partial charge in [0.2, 0.25) is 5.91 Å². The molecule has 0 spiro atoms. The monoisotopic (exact) mass is 281 g/mol. The molecule has 0 atom stereocenters. The molecule has 0 aromatic carbocycles. The summed E-state index contributed by atoms with van der Waals surface area (Å²) in [7, 11) is 0. The van der Waals surface area contributed by atoms with Gasteiger partial charge in [-0.1, -0.05) is 44.9 Å². The van der Waals surface area contributed by atoms with Crippen molar-refractivity contribution < 1.29 is 14.7 Å². The molecule has 2 fully saturated rings. The van der Waals surface area contributed by atoms with E-state index in [9.17, 15) is 9.59 Å². The van der Waals surface area contributed by atoms with Crippen molar-refractivity contribution in [2.24, 2.45) is 5.92 Å². The van der Waals surface area contributed by atoms with Gasteiger partial charge >= 0.3 is 5.97 Å². The van der Waals surface area contributed by atoms with E-state index in [2.05, 4.69) is 5.32 Å². The van der Waals surface area contributed by atoms with Crippen molar-refractivity contribution in [2.75, 3.05) is 0 Å². The number of hydrogen-bond acceptors (Lipinski definition) is 2. The Balaban J connectivity index is 1.77. The van der Waals surface area contributed by atoms with E-state index in [0.717, 1.165) is 32.1 Å². The number of carboxylic acid groups (broad SMARTS) is 1. The molecule has 4 nitrogen and oxygen atoms in total. The second-order valence-corrected chi connectivity index (χ2v) is 6.65. The van der Waals surface area contributed by atoms with E-state index in [0.29, 0.717) is 12.3 Å². The van der Waals surface area contributed by atoms with Crippen LogP contribution < -0.4 is 5.32 Å². The molecule has 0 heterocycles. The Morgan fingerprint density at radius 1 is 1.05 bits per heavy atom. The predicted octanol–water partition coefficient (Wildman–Crippen LogP) is 3.25. The molecule has 2 aliphatic rings. The minimum Gasteiger partial charge on any atom is -0.481 e. The van der Waals surface area contributed by atoms with Gasteiger partial charge in [0.1, 0.15) is 0 Å². The number of aliphatic carboxylic acids is 1. The van der Waals surface area contributed by atoms with E-state index in [4.69, 9.17) is 5.11 Å². The van der Waals surface area contributed by atoms with Gasteiger partial charge in [0.05, 0.1) is 12.0 Å². The van der Waals surface area contributed by atoms with Gasteiger partial charge in [0.25, 0.3) is 0 Å². The highest BCUT2D eigenvalue weighted by Crippen LogP contribution is 2.33. The maximum absolute atomic E-state index is 12.1. The highest BCUT2D eigenvalue weighted by Gasteiger charge is 2.37. The SMILES string of the molecule is O=C(O)CC1(NC(=O)CCC2CCCCC2)CCCC1. The van der Waals surface area contributed by atoms with Gasteiger partial charge in [-0.2, -0.15) is 0 Å². The molecule has 2 N–H and O–H groups in total. The zero-order valence-electron chi connectivity index (χ0n) is 12.3. The summed E-state index contributed by atoms with van der Waals surface area (Å²) in [6, 6.07) is 0. The van der Waals surface area contributed by atoms with Gasteiger partial charge in [-0.15, -0.1) is 0 Å². The average molecular weight is 281 g/mol. The van der Waals surface area contributed by atoms with Crippen molar-refractivity contribution in [3.63, 3.8) is 0 Å². The van der Waals surface area contributed by atoms with Crippen LogP contribution in [0, 0.1) is 5.92 Å². The predicted molar refractivity (Wildman–Crippen MR) is 77.4 cm³/mol. The first-order valence-electron chi connectivity index (χ1n) is 8.12. The van der Waals surface area contributed by atoms with Crippen molar-refractivity contribution >= 4 is 11.9 Å². The van der Waals surface area contributed by atoms with Crippen molar-refractivity contribution in [1.82, 2.24) is 5.32 Å². The van der Waals surface area contributed by atoms with Gasteiger partial charge in [-0.05, 0) is 25.2 Å². The lowest BCUT2D eigenvalue weighted by atomic mass is 9.86. The lowest BCUT2D eigenvalue weighted by Crippen LogP contribution is -2.47. The van der Waals surface area contributed by atoms with Crippen molar-refractivity contribution in [3.05, 3.63) is 0 Å². The van der Waals surface area contributed by atoms with E-state index < -0.39 is 11.5 Å². The molecule has 0 aliphatic heterocycles. The molecular weight excluding hydrogens is 254 g/mol. The van der Waals surface area contributed by atoms with Gasteiger partial charge in [0.15, 0.2) is 0 Å². The van der Waals surface area contributed by atoms with E-state index >= 15 is 0 Å². The number of amides is 1. The fourth-order valence-corrected chi connectivity index (χ4v) is 3.86. The molecule has 0 unspecified atom stereocenters. The summed E-state index contributed by atoms with van der Waals surface area (Å²) in [6.07, 6.45) is 11.7. The molecule has 0 radical (unpaired) electrons. The van der Waals surface area contributed by atoms with E-state index in [1.54, 1.807) is 0 Å². The summed E-state index contributed by atoms with van der Waals surface area (Å²) in [5, 5.41) is 12.1. The van der Waals surface area contributed by atoms with E-state index in [1.807, 2.05) is 0 Å². The lowest BCUT2D eigenvalue weighted by molar-refractivity contribution is -0.139. The Morgan fingerprint density at radius 3 is 2.30 bits per heavy atom. The fourth-order valence-electron chi connectivity index (χ4n) is 3.86. The highest BCUT2D eigenvalue weighted by atomic mass is 16.4. The van der Waals surface area contributed by atoms with Crippen LogP contribution in [0.25, 0.3) is 0 Å². The van der Waals surface area contributed by atoms with Crippen LogP contribution in [0.1, 0.15) is 77.0 Å². The van der Waals surface area contributed by atoms with Crippen molar-refractivity contribution in [2.45, 2.75) is 82.6 Å². The number of carboxylic acids is 1. The fraction of sp³-hybridized carbons (Fsp3) is 0.875. The van der Waals surface area contributed by atoms with Crippen LogP contribution in [0.15, 0.2) is 0 Å². The normalized spacial score (nSPS) is 22.6. The van der Waals surface area contributed by atoms with Gasteiger partial charge in [0, 0.05) is 6.42 Å². The molecule has 2 rings (SSSR count). The molecule has 0 bridgehead atoms. The topological polar surface area (TPSA) is 66.4 Å². The van der Waals surface area contributed by atoms with E-state index in [-0.39, 0.29) is 12.3 Å². The van der Waals surface area contributed by atoms with Crippen LogP contribution >= 0.6 is 0 Å². The quantitative estimate of drug-likeness (QED) is 0.785. The molecule has 2 aliphatic carbocycles. The summed E-state index contributed by atoms with van der Waals surface area (Å²) in [6.45, 7) is 0. The molecular formula is C16H27NO3. The first-order chi connectivity index (χ1) is 9.60. The second-order valence-electron chi connectivity index (χ2n) is 6.65. The van der Waals surface area contributed by atoms with Gasteiger partial charge in [-0.25, -0.2) is 0 Å². The van der Waals surface area contributed by atoms with Crippen LogP contribution in [0.5, 0.6) is 0 Å². The average Bonchev–Trinajstić information content (AvgIpc) is 2.85. The minimum absolute atomic E-state index is 0.0544. The van der Waals surface area contributed by atoms with Crippen LogP contribution in [0.3, 0.4) is 0 Å². The molecule has 20 heavy (non-hydrogen) atoms. The first-order valence-corrected chi connectivity index (χ1v) is 8.12. The number of carbonyl (C=O) groups is 2. The zero-order chi connectivity index (χ0) is 14.4. The van der Waals surface area contributed by atoms with Crippen LogP contribution in [-0.4, -0.2) is 22.5 Å². The smallest absolute Gasteiger partial charge is 0.305 e. The van der Waals surface area contributed by atoms with Crippen LogP contribution in [0.4, 0.5) is 0 Å². The summed E-state index contributed by atoms with van der Waals surface area (Å²) in [5.74, 6) is -0.0493. The van der Waals surface area contributed by atoms with Gasteiger partial charge in [-0.3, -0.25) is 9.59 Å². The third kappa shape index (κ3) is 4.50. The molecule has 4 heteroatoms. The molecule has 0 aromatic rings. The Bertz CT molecular complexity index is 342. The Hall–Kier alpha value is -1.06. The molecule has 0 saturated heterocycles. The maximum Gasteiger partial charge on any atom is 0.305 e. The third-order valence-electron chi connectivity index (χ3n) is 4.96. The van der Waals surface area contributed by atoms with Crippen molar-refractivity contribution in [1.29, 1.82) is 0 Å². The largest absolute Gasteiger partial charge is 0.481 e.